The summed E-state index contributed by atoms with van der Waals surface area (Å²) >= 11 is 0. The molecule has 1 saturated heterocycles. The molecule has 0 spiro atoms. The number of anilines is 1. The number of hydrogen-bond donors (Lipinski definition) is 4. The number of fused-ring (bicyclic) bond motifs is 2. The summed E-state index contributed by atoms with van der Waals surface area (Å²) in [7, 11) is 0. The van der Waals surface area contributed by atoms with Gasteiger partial charge in [0.25, 0.3) is 0 Å². The van der Waals surface area contributed by atoms with Crippen LogP contribution in [0.15, 0.2) is 30.5 Å². The molecule has 0 aliphatic carbocycles. The lowest BCUT2D eigenvalue weighted by molar-refractivity contribution is 0.126. The summed E-state index contributed by atoms with van der Waals surface area (Å²) in [6.45, 7) is 12.3. The molecule has 2 amide bonds. The van der Waals surface area contributed by atoms with Crippen molar-refractivity contribution >= 4 is 33.5 Å². The first-order valence-corrected chi connectivity index (χ1v) is 18.2. The Morgan fingerprint density at radius 3 is 2.57 bits per heavy atom. The number of urea groups is 1. The number of aromatic nitrogens is 3. The zero-order chi connectivity index (χ0) is 35.0. The number of rotatable bonds is 18. The first-order chi connectivity index (χ1) is 23.7. The van der Waals surface area contributed by atoms with Gasteiger partial charge in [-0.1, -0.05) is 78.7 Å². The minimum atomic E-state index is -0.282. The first kappa shape index (κ1) is 36.1. The van der Waals surface area contributed by atoms with Crippen LogP contribution in [0.25, 0.3) is 32.9 Å². The van der Waals surface area contributed by atoms with Crippen molar-refractivity contribution in [3.05, 3.63) is 47.4 Å². The summed E-state index contributed by atoms with van der Waals surface area (Å²) in [5, 5.41) is 22.1. The molecule has 2 atom stereocenters. The summed E-state index contributed by atoms with van der Waals surface area (Å²) in [4.78, 5) is 26.4. The highest BCUT2D eigenvalue weighted by molar-refractivity contribution is 6.02. The molecule has 49 heavy (non-hydrogen) atoms. The Balaban J connectivity index is 1.52. The monoisotopic (exact) mass is 672 g/mol. The predicted molar refractivity (Wildman–Crippen MR) is 196 cm³/mol. The molecule has 2 unspecified atom stereocenters. The third kappa shape index (κ3) is 8.69. The maximum absolute atomic E-state index is 15.1. The zero-order valence-electron chi connectivity index (χ0n) is 29.8. The molecular formula is C39H53FN6O3. The van der Waals surface area contributed by atoms with Crippen LogP contribution in [0.5, 0.6) is 11.8 Å². The fourth-order valence-electron chi connectivity index (χ4n) is 7.01. The second kappa shape index (κ2) is 16.5. The number of pyridine rings is 1. The summed E-state index contributed by atoms with van der Waals surface area (Å²) in [6, 6.07) is 6.63. The van der Waals surface area contributed by atoms with Crippen molar-refractivity contribution < 1.29 is 19.0 Å². The summed E-state index contributed by atoms with van der Waals surface area (Å²) < 4.78 is 21.6. The van der Waals surface area contributed by atoms with Crippen molar-refractivity contribution in [1.29, 1.82) is 0 Å². The molecule has 0 saturated carbocycles. The van der Waals surface area contributed by atoms with Crippen LogP contribution in [0.1, 0.15) is 103 Å². The topological polar surface area (TPSA) is 121 Å². The number of phenols is 1. The Kier molecular flexibility index (Phi) is 12.1. The van der Waals surface area contributed by atoms with E-state index in [9.17, 15) is 9.90 Å². The Morgan fingerprint density at radius 2 is 1.84 bits per heavy atom. The number of nitrogens with one attached hydrogen (secondary N) is 3. The second-order valence-corrected chi connectivity index (χ2v) is 14.0. The average Bonchev–Trinajstić information content (AvgIpc) is 3.51. The number of aryl methyl sites for hydroxylation is 2. The molecule has 2 aromatic heterocycles. The van der Waals surface area contributed by atoms with E-state index in [1.54, 1.807) is 24.4 Å². The largest absolute Gasteiger partial charge is 0.508 e. The fraction of sp³-hybridized carbons (Fsp3) is 0.538. The Hall–Kier alpha value is -4.21. The molecule has 1 aliphatic rings. The van der Waals surface area contributed by atoms with Crippen LogP contribution in [-0.2, 0) is 6.42 Å². The van der Waals surface area contributed by atoms with Crippen LogP contribution in [-0.4, -0.2) is 51.8 Å². The lowest BCUT2D eigenvalue weighted by atomic mass is 9.80. The average molecular weight is 673 g/mol. The highest BCUT2D eigenvalue weighted by Gasteiger charge is 2.26. The maximum atomic E-state index is 15.1. The van der Waals surface area contributed by atoms with Crippen molar-refractivity contribution in [2.45, 2.75) is 111 Å². The van der Waals surface area contributed by atoms with Gasteiger partial charge in [-0.3, -0.25) is 4.98 Å². The molecule has 2 aromatic carbocycles. The number of nitrogens with zero attached hydrogens (tertiary/aromatic N) is 3. The van der Waals surface area contributed by atoms with E-state index in [2.05, 4.69) is 36.7 Å². The number of hydrogen-bond acceptors (Lipinski definition) is 7. The van der Waals surface area contributed by atoms with Crippen molar-refractivity contribution in [1.82, 2.24) is 25.6 Å². The summed E-state index contributed by atoms with van der Waals surface area (Å²) in [5.74, 6) is 0.409. The van der Waals surface area contributed by atoms with Gasteiger partial charge in [-0.2, -0.15) is 9.97 Å². The van der Waals surface area contributed by atoms with Gasteiger partial charge in [0.2, 0.25) is 0 Å². The molecule has 1 fully saturated rings. The van der Waals surface area contributed by atoms with Crippen LogP contribution >= 0.6 is 0 Å². The number of ether oxygens (including phenoxy) is 1. The summed E-state index contributed by atoms with van der Waals surface area (Å²) in [5.41, 5.74) is 3.31. The predicted octanol–water partition coefficient (Wildman–Crippen LogP) is 8.98. The smallest absolute Gasteiger partial charge is 0.318 e. The van der Waals surface area contributed by atoms with Gasteiger partial charge in [-0.05, 0) is 67.1 Å². The van der Waals surface area contributed by atoms with E-state index < -0.39 is 0 Å². The number of unbranched alkanes of at least 4 members (excludes halogenated alkanes) is 5. The number of carbonyl (C=O) groups excluding carboxylic acids is 1. The number of carbonyl (C=O) groups is 1. The fourth-order valence-corrected chi connectivity index (χ4v) is 7.01. The number of amides is 2. The molecule has 1 aliphatic heterocycles. The third-order valence-corrected chi connectivity index (χ3v) is 9.92. The van der Waals surface area contributed by atoms with Gasteiger partial charge in [0.15, 0.2) is 0 Å². The van der Waals surface area contributed by atoms with Gasteiger partial charge in [-0.25, -0.2) is 9.18 Å². The van der Waals surface area contributed by atoms with E-state index in [1.807, 2.05) is 13.8 Å². The highest BCUT2D eigenvalue weighted by Crippen LogP contribution is 2.39. The van der Waals surface area contributed by atoms with Crippen LogP contribution in [0.3, 0.4) is 0 Å². The standard InChI is InChI=1S/C39H53FN6O3/c1-6-9-11-12-13-18-39(5,17-10-7-2)24-49-38-45-35-25(4)34(30-21-28(47)20-26-14-15-32(40)29(8-3)33(26)30)42-23-31(35)36(46-38)41-19-16-27-22-43-37(48)44-27/h14-15,20-21,23,27,47H,6-13,16-19,22,24H2,1-5H3,(H,41,45,46)(H2,43,44,48). The second-order valence-electron chi connectivity index (χ2n) is 14.0. The van der Waals surface area contributed by atoms with Crippen LogP contribution in [0.2, 0.25) is 0 Å². The molecule has 3 heterocycles. The van der Waals surface area contributed by atoms with Crippen molar-refractivity contribution in [2.24, 2.45) is 5.41 Å². The van der Waals surface area contributed by atoms with E-state index in [-0.39, 0.29) is 29.1 Å². The molecule has 0 radical (unpaired) electrons. The molecule has 264 valence electrons. The highest BCUT2D eigenvalue weighted by atomic mass is 19.1. The lowest BCUT2D eigenvalue weighted by Crippen LogP contribution is -2.28. The summed E-state index contributed by atoms with van der Waals surface area (Å²) in [6.07, 6.45) is 13.5. The van der Waals surface area contributed by atoms with Gasteiger partial charge >= 0.3 is 12.0 Å². The van der Waals surface area contributed by atoms with E-state index in [1.165, 1.54) is 38.2 Å². The Bertz CT molecular complexity index is 1760. The van der Waals surface area contributed by atoms with Gasteiger partial charge in [-0.15, -0.1) is 0 Å². The minimum absolute atomic E-state index is 0.00136. The third-order valence-electron chi connectivity index (χ3n) is 9.92. The quantitative estimate of drug-likeness (QED) is 0.0779. The minimum Gasteiger partial charge on any atom is -0.508 e. The molecule has 10 heteroatoms. The van der Waals surface area contributed by atoms with Gasteiger partial charge in [0.05, 0.1) is 23.2 Å². The van der Waals surface area contributed by atoms with Gasteiger partial charge in [0, 0.05) is 41.9 Å². The molecule has 5 rings (SSSR count). The van der Waals surface area contributed by atoms with E-state index in [4.69, 9.17) is 19.7 Å². The number of benzene rings is 2. The van der Waals surface area contributed by atoms with Crippen LogP contribution in [0, 0.1) is 18.2 Å². The van der Waals surface area contributed by atoms with Gasteiger partial charge in [0.1, 0.15) is 17.4 Å². The lowest BCUT2D eigenvalue weighted by Gasteiger charge is -2.29. The Morgan fingerprint density at radius 1 is 1.06 bits per heavy atom. The number of phenolic OH excluding ortho intramolecular Hbond substituents is 1. The normalized spacial score (nSPS) is 15.7. The van der Waals surface area contributed by atoms with Crippen LogP contribution in [0.4, 0.5) is 15.0 Å². The van der Waals surface area contributed by atoms with Crippen LogP contribution < -0.4 is 20.7 Å². The van der Waals surface area contributed by atoms with Crippen molar-refractivity contribution in [2.75, 3.05) is 25.0 Å². The Labute approximate surface area is 289 Å². The molecule has 0 bridgehead atoms. The first-order valence-electron chi connectivity index (χ1n) is 18.2. The molecule has 4 aromatic rings. The SMILES string of the molecule is CCCCCCCC(C)(CCCC)COc1nc(NCCC2CNC(=O)N2)c2cnc(-c3cc(O)cc4ccc(F)c(CC)c34)c(C)c2n1. The maximum Gasteiger partial charge on any atom is 0.318 e. The van der Waals surface area contributed by atoms with Crippen molar-refractivity contribution in [3.8, 4) is 23.0 Å². The number of halogens is 1. The van der Waals surface area contributed by atoms with Gasteiger partial charge < -0.3 is 25.8 Å². The van der Waals surface area contributed by atoms with E-state index >= 15 is 4.39 Å². The zero-order valence-corrected chi connectivity index (χ0v) is 29.8. The van der Waals surface area contributed by atoms with E-state index in [0.717, 1.165) is 47.4 Å². The molecule has 4 N–H and O–H groups in total. The molecular weight excluding hydrogens is 619 g/mol. The van der Waals surface area contributed by atoms with E-state index in [0.29, 0.717) is 66.7 Å². The number of aromatic hydroxyl groups is 1. The van der Waals surface area contributed by atoms with Crippen molar-refractivity contribution in [3.63, 3.8) is 0 Å². The molecule has 9 nitrogen and oxygen atoms in total.